The molecule has 6 nitrogen and oxygen atoms in total. The molecule has 1 amide bonds. The van der Waals surface area contributed by atoms with Crippen molar-refractivity contribution >= 4 is 5.91 Å². The molecule has 0 radical (unpaired) electrons. The Morgan fingerprint density at radius 3 is 2.35 bits per heavy atom. The molecule has 1 rings (SSSR count). The number of hydrogen-bond donors (Lipinski definition) is 4. The average Bonchev–Trinajstić information content (AvgIpc) is 2.24. The lowest BCUT2D eigenvalue weighted by molar-refractivity contribution is -0.204. The Hall–Kier alpha value is -0.690. The number of hydrogen-bond acceptors (Lipinski definition) is 5. The van der Waals surface area contributed by atoms with E-state index in [-0.39, 0.29) is 18.4 Å². The normalized spacial score (nSPS) is 38.2. The van der Waals surface area contributed by atoms with E-state index in [9.17, 15) is 15.0 Å². The van der Waals surface area contributed by atoms with E-state index >= 15 is 0 Å². The number of rotatable bonds is 3. The molecule has 1 saturated heterocycles. The van der Waals surface area contributed by atoms with Crippen molar-refractivity contribution in [1.29, 1.82) is 0 Å². The van der Waals surface area contributed by atoms with Gasteiger partial charge in [0, 0.05) is 6.92 Å². The number of aliphatic hydroxyl groups excluding tert-OH is 3. The highest BCUT2D eigenvalue weighted by Crippen LogP contribution is 2.25. The first kappa shape index (κ1) is 14.4. The van der Waals surface area contributed by atoms with Gasteiger partial charge in [-0.05, 0) is 5.92 Å². The zero-order chi connectivity index (χ0) is 13.2. The predicted octanol–water partition coefficient (Wildman–Crippen LogP) is -1.37. The SMILES string of the molecule is CC(=O)NC1[C@H](C(C)C)OC(CO)[C@@H](O)[C@H]1O. The fourth-order valence-corrected chi connectivity index (χ4v) is 2.12. The smallest absolute Gasteiger partial charge is 0.217 e. The summed E-state index contributed by atoms with van der Waals surface area (Å²) in [4.78, 5) is 11.1. The second kappa shape index (κ2) is 5.77. The van der Waals surface area contributed by atoms with Gasteiger partial charge >= 0.3 is 0 Å². The molecule has 0 bridgehead atoms. The van der Waals surface area contributed by atoms with Crippen molar-refractivity contribution in [2.24, 2.45) is 5.92 Å². The van der Waals surface area contributed by atoms with Crippen LogP contribution in [-0.4, -0.2) is 58.3 Å². The van der Waals surface area contributed by atoms with Gasteiger partial charge in [0.2, 0.25) is 5.91 Å². The largest absolute Gasteiger partial charge is 0.394 e. The molecule has 1 aliphatic heterocycles. The summed E-state index contributed by atoms with van der Waals surface area (Å²) in [6.45, 7) is 4.75. The van der Waals surface area contributed by atoms with E-state index in [2.05, 4.69) is 5.32 Å². The number of carbonyl (C=O) groups excluding carboxylic acids is 1. The molecule has 0 aliphatic carbocycles. The van der Waals surface area contributed by atoms with Crippen molar-refractivity contribution in [2.75, 3.05) is 6.61 Å². The minimum atomic E-state index is -1.20. The lowest BCUT2D eigenvalue weighted by Crippen LogP contribution is -2.65. The van der Waals surface area contributed by atoms with Crippen molar-refractivity contribution in [2.45, 2.75) is 51.2 Å². The fraction of sp³-hybridized carbons (Fsp3) is 0.909. The lowest BCUT2D eigenvalue weighted by Gasteiger charge is -2.44. The molecule has 5 atom stereocenters. The highest BCUT2D eigenvalue weighted by molar-refractivity contribution is 5.73. The van der Waals surface area contributed by atoms with E-state index in [1.54, 1.807) is 0 Å². The molecule has 4 N–H and O–H groups in total. The van der Waals surface area contributed by atoms with Gasteiger partial charge in [0.05, 0.1) is 18.8 Å². The standard InChI is InChI=1S/C11H21NO5/c1-5(2)11-8(12-6(3)14)10(16)9(15)7(4-13)17-11/h5,7-11,13,15-16H,4H2,1-3H3,(H,12,14)/t7?,8?,9-,10+,11+/m1/s1. The van der Waals surface area contributed by atoms with Crippen LogP contribution < -0.4 is 5.32 Å². The molecule has 0 aromatic rings. The average molecular weight is 247 g/mol. The number of nitrogens with one attached hydrogen (secondary N) is 1. The second-order valence-electron chi connectivity index (χ2n) is 4.77. The Morgan fingerprint density at radius 1 is 1.35 bits per heavy atom. The molecule has 2 unspecified atom stereocenters. The Labute approximate surface area is 101 Å². The van der Waals surface area contributed by atoms with Crippen LogP contribution in [0.25, 0.3) is 0 Å². The van der Waals surface area contributed by atoms with Gasteiger partial charge in [0.15, 0.2) is 0 Å². The third-order valence-electron chi connectivity index (χ3n) is 2.99. The van der Waals surface area contributed by atoms with Crippen LogP contribution in [0.3, 0.4) is 0 Å². The van der Waals surface area contributed by atoms with E-state index in [0.29, 0.717) is 0 Å². The van der Waals surface area contributed by atoms with Gasteiger partial charge in [-0.3, -0.25) is 4.79 Å². The molecule has 1 heterocycles. The minimum absolute atomic E-state index is 0.0445. The van der Waals surface area contributed by atoms with E-state index in [1.165, 1.54) is 6.92 Å². The van der Waals surface area contributed by atoms with Crippen molar-refractivity contribution in [3.05, 3.63) is 0 Å². The first-order chi connectivity index (χ1) is 7.88. The third kappa shape index (κ3) is 3.16. The summed E-state index contributed by atoms with van der Waals surface area (Å²) in [5.74, 6) is -0.249. The van der Waals surface area contributed by atoms with Crippen LogP contribution >= 0.6 is 0 Å². The Bertz CT molecular complexity index is 271. The number of aliphatic hydroxyl groups is 3. The van der Waals surface area contributed by atoms with Crippen molar-refractivity contribution in [3.63, 3.8) is 0 Å². The van der Waals surface area contributed by atoms with Gasteiger partial charge < -0.3 is 25.4 Å². The van der Waals surface area contributed by atoms with Crippen LogP contribution in [0.15, 0.2) is 0 Å². The first-order valence-electron chi connectivity index (χ1n) is 5.78. The molecular weight excluding hydrogens is 226 g/mol. The van der Waals surface area contributed by atoms with E-state index in [4.69, 9.17) is 9.84 Å². The van der Waals surface area contributed by atoms with Crippen molar-refractivity contribution in [3.8, 4) is 0 Å². The quantitative estimate of drug-likeness (QED) is 0.493. The zero-order valence-electron chi connectivity index (χ0n) is 10.3. The summed E-state index contributed by atoms with van der Waals surface area (Å²) in [5, 5.41) is 31.3. The van der Waals surface area contributed by atoms with E-state index < -0.39 is 30.5 Å². The molecule has 1 aliphatic rings. The van der Waals surface area contributed by atoms with Gasteiger partial charge in [-0.25, -0.2) is 0 Å². The molecule has 6 heteroatoms. The predicted molar refractivity (Wildman–Crippen MR) is 60.2 cm³/mol. The lowest BCUT2D eigenvalue weighted by atomic mass is 9.87. The second-order valence-corrected chi connectivity index (χ2v) is 4.77. The summed E-state index contributed by atoms with van der Waals surface area (Å²) in [6.07, 6.45) is -3.60. The van der Waals surface area contributed by atoms with Crippen LogP contribution in [0, 0.1) is 5.92 Å². The molecule has 100 valence electrons. The molecule has 0 saturated carbocycles. The third-order valence-corrected chi connectivity index (χ3v) is 2.99. The van der Waals surface area contributed by atoms with E-state index in [0.717, 1.165) is 0 Å². The Kier molecular flexibility index (Phi) is 4.88. The van der Waals surface area contributed by atoms with Crippen LogP contribution in [-0.2, 0) is 9.53 Å². The molecule has 0 spiro atoms. The van der Waals surface area contributed by atoms with Gasteiger partial charge in [0.25, 0.3) is 0 Å². The van der Waals surface area contributed by atoms with Crippen LogP contribution in [0.5, 0.6) is 0 Å². The summed E-state index contributed by atoms with van der Waals surface area (Å²) < 4.78 is 5.52. The van der Waals surface area contributed by atoms with Gasteiger partial charge in [-0.1, -0.05) is 13.8 Å². The monoisotopic (exact) mass is 247 g/mol. The molecule has 0 aromatic carbocycles. The molecular formula is C11H21NO5. The van der Waals surface area contributed by atoms with Crippen LogP contribution in [0.1, 0.15) is 20.8 Å². The topological polar surface area (TPSA) is 99.0 Å². The summed E-state index contributed by atoms with van der Waals surface area (Å²) in [6, 6.07) is -0.662. The first-order valence-corrected chi connectivity index (χ1v) is 5.78. The van der Waals surface area contributed by atoms with Gasteiger partial charge in [-0.2, -0.15) is 0 Å². The highest BCUT2D eigenvalue weighted by atomic mass is 16.5. The maximum atomic E-state index is 11.1. The number of carbonyl (C=O) groups is 1. The van der Waals surface area contributed by atoms with Crippen molar-refractivity contribution < 1.29 is 24.9 Å². The summed E-state index contributed by atoms with van der Waals surface area (Å²) in [5.41, 5.74) is 0. The highest BCUT2D eigenvalue weighted by Gasteiger charge is 2.45. The van der Waals surface area contributed by atoms with Gasteiger partial charge in [-0.15, -0.1) is 0 Å². The Balaban J connectivity index is 2.86. The van der Waals surface area contributed by atoms with E-state index in [1.807, 2.05) is 13.8 Å². The number of ether oxygens (including phenoxy) is 1. The Morgan fingerprint density at radius 2 is 1.94 bits per heavy atom. The number of amides is 1. The van der Waals surface area contributed by atoms with Crippen LogP contribution in [0.4, 0.5) is 0 Å². The summed E-state index contributed by atoms with van der Waals surface area (Å²) in [7, 11) is 0. The maximum absolute atomic E-state index is 11.1. The zero-order valence-corrected chi connectivity index (χ0v) is 10.3. The molecule has 1 fully saturated rings. The molecule has 17 heavy (non-hydrogen) atoms. The van der Waals surface area contributed by atoms with Crippen LogP contribution in [0.2, 0.25) is 0 Å². The summed E-state index contributed by atoms with van der Waals surface area (Å²) >= 11 is 0. The van der Waals surface area contributed by atoms with Gasteiger partial charge in [0.1, 0.15) is 18.3 Å². The minimum Gasteiger partial charge on any atom is -0.394 e. The molecule has 0 aromatic heterocycles. The van der Waals surface area contributed by atoms with Crippen molar-refractivity contribution in [1.82, 2.24) is 5.32 Å². The fourth-order valence-electron chi connectivity index (χ4n) is 2.12. The maximum Gasteiger partial charge on any atom is 0.217 e.